The van der Waals surface area contributed by atoms with E-state index in [1.807, 2.05) is 12.1 Å². The smallest absolute Gasteiger partial charge is 0.262 e. The Morgan fingerprint density at radius 3 is 2.74 bits per heavy atom. The third-order valence-electron chi connectivity index (χ3n) is 4.69. The molecule has 1 aliphatic carbocycles. The molecule has 1 aromatic heterocycles. The van der Waals surface area contributed by atoms with Gasteiger partial charge in [0.2, 0.25) is 0 Å². The molecule has 1 fully saturated rings. The molecule has 2 aromatic rings. The number of nitrogens with one attached hydrogen (secondary N) is 1. The first kappa shape index (κ1) is 19.5. The molecule has 0 spiro atoms. The predicted octanol–water partition coefficient (Wildman–Crippen LogP) is 4.84. The van der Waals surface area contributed by atoms with Crippen molar-refractivity contribution in [2.24, 2.45) is 0 Å². The lowest BCUT2D eigenvalue weighted by atomic mass is 9.95. The molecular formula is C20H20Cl2N4O. The van der Waals surface area contributed by atoms with Crippen molar-refractivity contribution < 1.29 is 4.79 Å². The molecule has 0 bridgehead atoms. The van der Waals surface area contributed by atoms with Gasteiger partial charge in [0.05, 0.1) is 11.4 Å². The first-order valence-electron chi connectivity index (χ1n) is 8.93. The summed E-state index contributed by atoms with van der Waals surface area (Å²) in [5, 5.41) is 17.7. The molecule has 1 saturated carbocycles. The minimum atomic E-state index is -0.365. The van der Waals surface area contributed by atoms with E-state index < -0.39 is 0 Å². The van der Waals surface area contributed by atoms with Gasteiger partial charge in [-0.15, -0.1) is 0 Å². The van der Waals surface area contributed by atoms with E-state index in [2.05, 4.69) is 10.4 Å². The lowest BCUT2D eigenvalue weighted by molar-refractivity contribution is -0.117. The normalized spacial score (nSPS) is 15.4. The number of halogens is 2. The van der Waals surface area contributed by atoms with Gasteiger partial charge in [0.25, 0.3) is 5.91 Å². The zero-order valence-electron chi connectivity index (χ0n) is 15.0. The van der Waals surface area contributed by atoms with Gasteiger partial charge < -0.3 is 5.32 Å². The number of amides is 1. The molecule has 140 valence electrons. The van der Waals surface area contributed by atoms with E-state index in [1.54, 1.807) is 29.8 Å². The van der Waals surface area contributed by atoms with Crippen molar-refractivity contribution in [3.05, 3.63) is 51.3 Å². The molecule has 0 unspecified atom stereocenters. The highest BCUT2D eigenvalue weighted by molar-refractivity contribution is 6.32. The van der Waals surface area contributed by atoms with E-state index in [0.29, 0.717) is 27.1 Å². The Bertz CT molecular complexity index is 921. The number of carbonyl (C=O) groups is 1. The predicted molar refractivity (Wildman–Crippen MR) is 107 cm³/mol. The molecule has 1 amide bonds. The highest BCUT2D eigenvalue weighted by atomic mass is 35.5. The minimum absolute atomic E-state index is 0.0243. The van der Waals surface area contributed by atoms with Crippen LogP contribution in [0.5, 0.6) is 0 Å². The van der Waals surface area contributed by atoms with Crippen molar-refractivity contribution >= 4 is 35.2 Å². The fraction of sp³-hybridized carbons (Fsp3) is 0.350. The van der Waals surface area contributed by atoms with Gasteiger partial charge in [-0.1, -0.05) is 48.5 Å². The number of aromatic nitrogens is 2. The van der Waals surface area contributed by atoms with Crippen molar-refractivity contribution in [2.75, 3.05) is 0 Å². The second-order valence-electron chi connectivity index (χ2n) is 6.66. The zero-order chi connectivity index (χ0) is 19.4. The molecule has 0 radical (unpaired) electrons. The molecule has 0 atom stereocenters. The molecular weight excluding hydrogens is 383 g/mol. The summed E-state index contributed by atoms with van der Waals surface area (Å²) in [5.41, 5.74) is 1.90. The van der Waals surface area contributed by atoms with Crippen molar-refractivity contribution in [1.82, 2.24) is 15.1 Å². The Balaban J connectivity index is 1.88. The Labute approximate surface area is 168 Å². The minimum Gasteiger partial charge on any atom is -0.349 e. The van der Waals surface area contributed by atoms with Crippen molar-refractivity contribution in [3.8, 4) is 11.8 Å². The van der Waals surface area contributed by atoms with E-state index in [4.69, 9.17) is 23.2 Å². The number of aryl methyl sites for hydroxylation is 1. The monoisotopic (exact) mass is 402 g/mol. The van der Waals surface area contributed by atoms with Crippen LogP contribution in [-0.4, -0.2) is 21.7 Å². The van der Waals surface area contributed by atoms with Gasteiger partial charge in [0.15, 0.2) is 0 Å². The number of nitriles is 1. The second kappa shape index (κ2) is 8.60. The Morgan fingerprint density at radius 1 is 1.33 bits per heavy atom. The number of hydrogen-bond donors (Lipinski definition) is 1. The molecule has 1 aromatic carbocycles. The van der Waals surface area contributed by atoms with E-state index in [0.717, 1.165) is 25.7 Å². The summed E-state index contributed by atoms with van der Waals surface area (Å²) in [5.74, 6) is -0.365. The van der Waals surface area contributed by atoms with E-state index in [-0.39, 0.29) is 17.5 Å². The third-order valence-corrected chi connectivity index (χ3v) is 5.29. The van der Waals surface area contributed by atoms with Gasteiger partial charge >= 0.3 is 0 Å². The van der Waals surface area contributed by atoms with Crippen LogP contribution in [0.15, 0.2) is 29.8 Å². The maximum atomic E-state index is 12.5. The summed E-state index contributed by atoms with van der Waals surface area (Å²) in [6, 6.07) is 9.26. The average Bonchev–Trinajstić information content (AvgIpc) is 2.94. The Kier molecular flexibility index (Phi) is 6.20. The van der Waals surface area contributed by atoms with Gasteiger partial charge in [-0.05, 0) is 44.0 Å². The van der Waals surface area contributed by atoms with Crippen LogP contribution < -0.4 is 5.32 Å². The summed E-state index contributed by atoms with van der Waals surface area (Å²) in [7, 11) is 0. The van der Waals surface area contributed by atoms with Gasteiger partial charge in [0, 0.05) is 16.6 Å². The van der Waals surface area contributed by atoms with Crippen molar-refractivity contribution in [3.63, 3.8) is 0 Å². The fourth-order valence-corrected chi connectivity index (χ4v) is 3.77. The first-order valence-corrected chi connectivity index (χ1v) is 9.69. The average molecular weight is 403 g/mol. The third kappa shape index (κ3) is 4.52. The van der Waals surface area contributed by atoms with Crippen LogP contribution in [0, 0.1) is 18.3 Å². The summed E-state index contributed by atoms with van der Waals surface area (Å²) < 4.78 is 1.54. The van der Waals surface area contributed by atoms with Crippen molar-refractivity contribution in [1.29, 1.82) is 5.26 Å². The SMILES string of the molecule is Cc1nn(-c2cccc(Cl)c2)c(Cl)c1/C=C(\C#N)C(=O)NC1CCCCC1. The fourth-order valence-electron chi connectivity index (χ4n) is 3.26. The number of benzene rings is 1. The number of hydrogen-bond acceptors (Lipinski definition) is 3. The topological polar surface area (TPSA) is 70.7 Å². The van der Waals surface area contributed by atoms with Crippen LogP contribution >= 0.6 is 23.2 Å². The van der Waals surface area contributed by atoms with Crippen molar-refractivity contribution in [2.45, 2.75) is 45.1 Å². The van der Waals surface area contributed by atoms with E-state index >= 15 is 0 Å². The molecule has 27 heavy (non-hydrogen) atoms. The summed E-state index contributed by atoms with van der Waals surface area (Å²) >= 11 is 12.5. The largest absolute Gasteiger partial charge is 0.349 e. The number of nitrogens with zero attached hydrogens (tertiary/aromatic N) is 3. The summed E-state index contributed by atoms with van der Waals surface area (Å²) in [6.45, 7) is 1.78. The maximum absolute atomic E-state index is 12.5. The van der Waals surface area contributed by atoms with E-state index in [9.17, 15) is 10.1 Å². The van der Waals surface area contributed by atoms with Gasteiger partial charge in [0.1, 0.15) is 16.8 Å². The quantitative estimate of drug-likeness (QED) is 0.587. The highest BCUT2D eigenvalue weighted by Crippen LogP contribution is 2.27. The standard InChI is InChI=1S/C20H20Cl2N4O/c1-13-18(19(22)26(25-13)17-9-5-6-15(21)11-17)10-14(12-23)20(27)24-16-7-3-2-4-8-16/h5-6,9-11,16H,2-4,7-8H2,1H3,(H,24,27)/b14-10+. The Morgan fingerprint density at radius 2 is 2.07 bits per heavy atom. The van der Waals surface area contributed by atoms with Crippen LogP contribution in [0.4, 0.5) is 0 Å². The lowest BCUT2D eigenvalue weighted by Crippen LogP contribution is -2.36. The first-order chi connectivity index (χ1) is 13.0. The summed E-state index contributed by atoms with van der Waals surface area (Å²) in [4.78, 5) is 12.5. The molecule has 1 heterocycles. The molecule has 1 N–H and O–H groups in total. The second-order valence-corrected chi connectivity index (χ2v) is 7.45. The summed E-state index contributed by atoms with van der Waals surface area (Å²) in [6.07, 6.45) is 6.82. The molecule has 3 rings (SSSR count). The van der Waals surface area contributed by atoms with Crippen LogP contribution in [0.1, 0.15) is 43.4 Å². The Hall–Kier alpha value is -2.29. The van der Waals surface area contributed by atoms with Gasteiger partial charge in [-0.25, -0.2) is 4.68 Å². The molecule has 0 saturated heterocycles. The van der Waals surface area contributed by atoms with Gasteiger partial charge in [-0.3, -0.25) is 4.79 Å². The highest BCUT2D eigenvalue weighted by Gasteiger charge is 2.20. The van der Waals surface area contributed by atoms with Crippen LogP contribution in [-0.2, 0) is 4.79 Å². The van der Waals surface area contributed by atoms with Gasteiger partial charge in [-0.2, -0.15) is 10.4 Å². The zero-order valence-corrected chi connectivity index (χ0v) is 16.5. The van der Waals surface area contributed by atoms with Crippen LogP contribution in [0.3, 0.4) is 0 Å². The molecule has 1 aliphatic rings. The number of rotatable bonds is 4. The molecule has 0 aliphatic heterocycles. The lowest BCUT2D eigenvalue weighted by Gasteiger charge is -2.22. The van der Waals surface area contributed by atoms with Crippen LogP contribution in [0.2, 0.25) is 10.2 Å². The maximum Gasteiger partial charge on any atom is 0.262 e. The molecule has 5 nitrogen and oxygen atoms in total. The number of carbonyl (C=O) groups excluding carboxylic acids is 1. The van der Waals surface area contributed by atoms with E-state index in [1.165, 1.54) is 12.5 Å². The molecule has 7 heteroatoms. The van der Waals surface area contributed by atoms with Crippen LogP contribution in [0.25, 0.3) is 11.8 Å².